The van der Waals surface area contributed by atoms with Crippen LogP contribution in [-0.4, -0.2) is 11.6 Å². The van der Waals surface area contributed by atoms with E-state index in [1.807, 2.05) is 61.5 Å². The van der Waals surface area contributed by atoms with Crippen LogP contribution in [0.2, 0.25) is 0 Å². The Labute approximate surface area is 117 Å². The average Bonchev–Trinajstić information content (AvgIpc) is 2.99. The number of hydrogen-bond donors (Lipinski definition) is 0. The number of aromatic nitrogens is 1. The van der Waals surface area contributed by atoms with Crippen LogP contribution in [0, 0.1) is 0 Å². The second-order valence-corrected chi connectivity index (χ2v) is 4.35. The highest BCUT2D eigenvalue weighted by Gasteiger charge is 2.08. The van der Waals surface area contributed by atoms with Crippen molar-refractivity contribution < 1.29 is 9.15 Å². The second-order valence-electron chi connectivity index (χ2n) is 4.35. The van der Waals surface area contributed by atoms with Gasteiger partial charge < -0.3 is 9.15 Å². The Hall–Kier alpha value is -2.55. The molecule has 3 aromatic rings. The van der Waals surface area contributed by atoms with Gasteiger partial charge in [-0.25, -0.2) is 4.98 Å². The van der Waals surface area contributed by atoms with Crippen molar-refractivity contribution in [1.82, 2.24) is 4.98 Å². The molecule has 0 aliphatic carbocycles. The van der Waals surface area contributed by atoms with E-state index < -0.39 is 0 Å². The summed E-state index contributed by atoms with van der Waals surface area (Å²) in [4.78, 5) is 4.32. The summed E-state index contributed by atoms with van der Waals surface area (Å²) >= 11 is 0. The Kier molecular flexibility index (Phi) is 3.50. The van der Waals surface area contributed by atoms with Crippen LogP contribution in [0.25, 0.3) is 22.8 Å². The maximum Gasteiger partial charge on any atom is 0.226 e. The fraction of sp³-hybridized carbons (Fsp3) is 0.118. The molecule has 0 aliphatic heterocycles. The van der Waals surface area contributed by atoms with Gasteiger partial charge in [-0.15, -0.1) is 0 Å². The van der Waals surface area contributed by atoms with Gasteiger partial charge in [-0.1, -0.05) is 18.2 Å². The van der Waals surface area contributed by atoms with Crippen molar-refractivity contribution >= 4 is 0 Å². The zero-order valence-electron chi connectivity index (χ0n) is 11.2. The van der Waals surface area contributed by atoms with E-state index in [2.05, 4.69) is 4.98 Å². The standard InChI is InChI=1S/C17H15NO2/c1-2-19-15-10-8-13(9-11-15)16-12-18-17(20-16)14-6-4-3-5-7-14/h3-12H,2H2,1H3. The molecule has 0 N–H and O–H groups in total. The molecular formula is C17H15NO2. The minimum absolute atomic E-state index is 0.634. The molecular weight excluding hydrogens is 250 g/mol. The van der Waals surface area contributed by atoms with Crippen LogP contribution < -0.4 is 4.74 Å². The van der Waals surface area contributed by atoms with Gasteiger partial charge in [0.25, 0.3) is 0 Å². The summed E-state index contributed by atoms with van der Waals surface area (Å²) in [6.45, 7) is 2.64. The Morgan fingerprint density at radius 2 is 1.70 bits per heavy atom. The predicted molar refractivity (Wildman–Crippen MR) is 78.5 cm³/mol. The van der Waals surface area contributed by atoms with Crippen LogP contribution in [0.4, 0.5) is 0 Å². The molecule has 0 spiro atoms. The van der Waals surface area contributed by atoms with Crippen molar-refractivity contribution in [2.45, 2.75) is 6.92 Å². The summed E-state index contributed by atoms with van der Waals surface area (Å²) in [5.41, 5.74) is 1.97. The van der Waals surface area contributed by atoms with E-state index in [1.165, 1.54) is 0 Å². The highest BCUT2D eigenvalue weighted by atomic mass is 16.5. The van der Waals surface area contributed by atoms with Crippen LogP contribution in [0.5, 0.6) is 5.75 Å². The largest absolute Gasteiger partial charge is 0.494 e. The SMILES string of the molecule is CCOc1ccc(-c2cnc(-c3ccccc3)o2)cc1. The molecule has 0 saturated heterocycles. The lowest BCUT2D eigenvalue weighted by atomic mass is 10.2. The maximum atomic E-state index is 5.80. The van der Waals surface area contributed by atoms with E-state index in [-0.39, 0.29) is 0 Å². The monoisotopic (exact) mass is 265 g/mol. The third-order valence-corrected chi connectivity index (χ3v) is 2.98. The van der Waals surface area contributed by atoms with Crippen molar-refractivity contribution in [2.75, 3.05) is 6.61 Å². The predicted octanol–water partition coefficient (Wildman–Crippen LogP) is 4.41. The maximum absolute atomic E-state index is 5.80. The second kappa shape index (κ2) is 5.61. The van der Waals surface area contributed by atoms with Gasteiger partial charge in [0.2, 0.25) is 5.89 Å². The van der Waals surface area contributed by atoms with Crippen molar-refractivity contribution in [1.29, 1.82) is 0 Å². The molecule has 0 radical (unpaired) electrons. The van der Waals surface area contributed by atoms with E-state index in [0.29, 0.717) is 12.5 Å². The smallest absolute Gasteiger partial charge is 0.226 e. The zero-order chi connectivity index (χ0) is 13.8. The molecule has 20 heavy (non-hydrogen) atoms. The number of oxazole rings is 1. The first kappa shape index (κ1) is 12.5. The fourth-order valence-electron chi connectivity index (χ4n) is 2.00. The van der Waals surface area contributed by atoms with Gasteiger partial charge in [0.15, 0.2) is 5.76 Å². The van der Waals surface area contributed by atoms with Gasteiger partial charge in [0, 0.05) is 11.1 Å². The minimum atomic E-state index is 0.634. The Bertz CT molecular complexity index is 672. The van der Waals surface area contributed by atoms with Crippen molar-refractivity contribution in [3.8, 4) is 28.5 Å². The van der Waals surface area contributed by atoms with Gasteiger partial charge in [-0.2, -0.15) is 0 Å². The van der Waals surface area contributed by atoms with Crippen LogP contribution in [-0.2, 0) is 0 Å². The first-order valence-corrected chi connectivity index (χ1v) is 6.61. The third-order valence-electron chi connectivity index (χ3n) is 2.98. The first-order valence-electron chi connectivity index (χ1n) is 6.61. The molecule has 1 aromatic heterocycles. The quantitative estimate of drug-likeness (QED) is 0.701. The molecule has 0 aliphatic rings. The number of ether oxygens (including phenoxy) is 1. The van der Waals surface area contributed by atoms with E-state index in [4.69, 9.17) is 9.15 Å². The molecule has 3 rings (SSSR count). The Balaban J connectivity index is 1.86. The van der Waals surface area contributed by atoms with Crippen molar-refractivity contribution in [3.63, 3.8) is 0 Å². The highest BCUT2D eigenvalue weighted by molar-refractivity contribution is 5.61. The normalized spacial score (nSPS) is 10.4. The molecule has 0 fully saturated rings. The first-order chi connectivity index (χ1) is 9.86. The van der Waals surface area contributed by atoms with Gasteiger partial charge in [0.1, 0.15) is 5.75 Å². The zero-order valence-corrected chi connectivity index (χ0v) is 11.2. The van der Waals surface area contributed by atoms with Gasteiger partial charge in [0.05, 0.1) is 12.8 Å². The number of rotatable bonds is 4. The number of hydrogen-bond acceptors (Lipinski definition) is 3. The van der Waals surface area contributed by atoms with Crippen LogP contribution in [0.1, 0.15) is 6.92 Å². The lowest BCUT2D eigenvalue weighted by Gasteiger charge is -2.02. The van der Waals surface area contributed by atoms with Gasteiger partial charge in [-0.3, -0.25) is 0 Å². The fourth-order valence-corrected chi connectivity index (χ4v) is 2.00. The molecule has 0 atom stereocenters. The van der Waals surface area contributed by atoms with Gasteiger partial charge in [-0.05, 0) is 43.3 Å². The summed E-state index contributed by atoms with van der Waals surface area (Å²) < 4.78 is 11.2. The molecule has 0 bridgehead atoms. The molecule has 0 amide bonds. The lowest BCUT2D eigenvalue weighted by Crippen LogP contribution is -1.90. The summed E-state index contributed by atoms with van der Waals surface area (Å²) in [5.74, 6) is 2.25. The molecule has 1 heterocycles. The third kappa shape index (κ3) is 2.57. The minimum Gasteiger partial charge on any atom is -0.494 e. The molecule has 100 valence electrons. The lowest BCUT2D eigenvalue weighted by molar-refractivity contribution is 0.340. The summed E-state index contributed by atoms with van der Waals surface area (Å²) in [7, 11) is 0. The molecule has 3 heteroatoms. The Morgan fingerprint density at radius 1 is 0.950 bits per heavy atom. The molecule has 3 nitrogen and oxygen atoms in total. The van der Waals surface area contributed by atoms with Crippen molar-refractivity contribution in [3.05, 3.63) is 60.8 Å². The van der Waals surface area contributed by atoms with E-state index in [1.54, 1.807) is 6.20 Å². The summed E-state index contributed by atoms with van der Waals surface area (Å²) in [6.07, 6.45) is 1.75. The average molecular weight is 265 g/mol. The van der Waals surface area contributed by atoms with Crippen molar-refractivity contribution in [2.24, 2.45) is 0 Å². The van der Waals surface area contributed by atoms with Gasteiger partial charge >= 0.3 is 0 Å². The number of benzene rings is 2. The summed E-state index contributed by atoms with van der Waals surface area (Å²) in [5, 5.41) is 0. The topological polar surface area (TPSA) is 35.3 Å². The summed E-state index contributed by atoms with van der Waals surface area (Å²) in [6, 6.07) is 17.7. The van der Waals surface area contributed by atoms with E-state index in [9.17, 15) is 0 Å². The molecule has 0 unspecified atom stereocenters. The number of nitrogens with zero attached hydrogens (tertiary/aromatic N) is 1. The molecule has 2 aromatic carbocycles. The Morgan fingerprint density at radius 3 is 2.40 bits per heavy atom. The molecule has 0 saturated carbocycles. The highest BCUT2D eigenvalue weighted by Crippen LogP contribution is 2.27. The van der Waals surface area contributed by atoms with Crippen LogP contribution in [0.15, 0.2) is 65.2 Å². The van der Waals surface area contributed by atoms with E-state index in [0.717, 1.165) is 22.6 Å². The van der Waals surface area contributed by atoms with Crippen LogP contribution in [0.3, 0.4) is 0 Å². The van der Waals surface area contributed by atoms with Crippen LogP contribution >= 0.6 is 0 Å². The van der Waals surface area contributed by atoms with E-state index >= 15 is 0 Å².